The molecule has 0 aliphatic heterocycles. The number of hydrogen-bond donors (Lipinski definition) is 0. The van der Waals surface area contributed by atoms with Gasteiger partial charge in [0.15, 0.2) is 0 Å². The molecule has 0 radical (unpaired) electrons. The molecule has 0 N–H and O–H groups in total. The van der Waals surface area contributed by atoms with Gasteiger partial charge in [0.25, 0.3) is 0 Å². The van der Waals surface area contributed by atoms with E-state index in [1.54, 1.807) is 30.2 Å². The first-order chi connectivity index (χ1) is 13.1. The average molecular weight is 365 g/mol. The number of halogens is 2. The predicted molar refractivity (Wildman–Crippen MR) is 98.4 cm³/mol. The molecule has 0 atom stereocenters. The van der Waals surface area contributed by atoms with E-state index in [1.165, 1.54) is 11.1 Å². The van der Waals surface area contributed by atoms with Crippen LogP contribution in [-0.4, -0.2) is 24.5 Å². The largest absolute Gasteiger partial charge is 0.333 e. The molecule has 3 aromatic heterocycles. The van der Waals surface area contributed by atoms with Gasteiger partial charge in [-0.05, 0) is 42.5 Å². The summed E-state index contributed by atoms with van der Waals surface area (Å²) in [7, 11) is 1.78. The highest BCUT2D eigenvalue weighted by Crippen LogP contribution is 2.35. The van der Waals surface area contributed by atoms with Crippen LogP contribution in [0.4, 0.5) is 8.78 Å². The lowest BCUT2D eigenvalue weighted by molar-refractivity contribution is 0.0617. The fraction of sp³-hybridized carbons (Fsp3) is 0.250. The Bertz CT molecular complexity index is 1160. The zero-order valence-electron chi connectivity index (χ0n) is 14.7. The zero-order chi connectivity index (χ0) is 18.5. The molecule has 0 saturated heterocycles. The molecule has 1 aliphatic rings. The van der Waals surface area contributed by atoms with Gasteiger partial charge in [0.1, 0.15) is 11.2 Å². The summed E-state index contributed by atoms with van der Waals surface area (Å²) in [4.78, 5) is 4.76. The Hall–Kier alpha value is -3.09. The van der Waals surface area contributed by atoms with E-state index in [0.717, 1.165) is 35.2 Å². The lowest BCUT2D eigenvalue weighted by Gasteiger charge is -2.08. The summed E-state index contributed by atoms with van der Waals surface area (Å²) in [5.41, 5.74) is 6.42. The van der Waals surface area contributed by atoms with Gasteiger partial charge < -0.3 is 0 Å². The van der Waals surface area contributed by atoms with Crippen molar-refractivity contribution in [1.82, 2.24) is 24.5 Å². The van der Waals surface area contributed by atoms with E-state index in [1.807, 2.05) is 12.1 Å². The Morgan fingerprint density at radius 3 is 2.78 bits per heavy atom. The van der Waals surface area contributed by atoms with Gasteiger partial charge in [-0.1, -0.05) is 18.2 Å². The molecule has 3 heterocycles. The fourth-order valence-corrected chi connectivity index (χ4v) is 3.92. The monoisotopic (exact) mass is 365 g/mol. The molecule has 0 saturated carbocycles. The molecule has 0 fully saturated rings. The molecule has 5 rings (SSSR count). The summed E-state index contributed by atoms with van der Waals surface area (Å²) in [6.45, 7) is -2.73. The van der Waals surface area contributed by atoms with E-state index in [0.29, 0.717) is 22.3 Å². The minimum atomic E-state index is -2.73. The summed E-state index contributed by atoms with van der Waals surface area (Å²) in [5, 5.41) is 8.26. The lowest BCUT2D eigenvalue weighted by Crippen LogP contribution is -2.00. The maximum absolute atomic E-state index is 13.5. The zero-order valence-corrected chi connectivity index (χ0v) is 14.7. The van der Waals surface area contributed by atoms with Crippen LogP contribution >= 0.6 is 0 Å². The fourth-order valence-electron chi connectivity index (χ4n) is 3.92. The van der Waals surface area contributed by atoms with E-state index < -0.39 is 6.55 Å². The van der Waals surface area contributed by atoms with Gasteiger partial charge in [-0.2, -0.15) is 19.0 Å². The first kappa shape index (κ1) is 16.1. The second-order valence-corrected chi connectivity index (χ2v) is 6.83. The van der Waals surface area contributed by atoms with Crippen molar-refractivity contribution >= 4 is 11.0 Å². The summed E-state index contributed by atoms with van der Waals surface area (Å²) in [6.07, 6.45) is 6.61. The molecule has 0 unspecified atom stereocenters. The van der Waals surface area contributed by atoms with E-state index in [4.69, 9.17) is 4.98 Å². The van der Waals surface area contributed by atoms with Gasteiger partial charge in [-0.15, -0.1) is 0 Å². The Labute approximate surface area is 154 Å². The number of hydrogen-bond acceptors (Lipinski definition) is 3. The molecule has 0 amide bonds. The quantitative estimate of drug-likeness (QED) is 0.541. The van der Waals surface area contributed by atoms with Crippen LogP contribution < -0.4 is 0 Å². The summed E-state index contributed by atoms with van der Waals surface area (Å²) < 4.78 is 29.3. The third-order valence-corrected chi connectivity index (χ3v) is 5.14. The van der Waals surface area contributed by atoms with Crippen LogP contribution in [0.25, 0.3) is 33.5 Å². The maximum atomic E-state index is 13.5. The topological polar surface area (TPSA) is 48.5 Å². The standard InChI is InChI=1S/C20H17F2N5/c1-26-11-13(10-23-26)18-19-17(27(25-18)20(21)22)9-8-16(24-19)15-7-3-5-12-4-2-6-14(12)15/h3,5,7-11,20H,2,4,6H2,1H3. The number of fused-ring (bicyclic) bond motifs is 2. The van der Waals surface area contributed by atoms with E-state index in [9.17, 15) is 8.78 Å². The van der Waals surface area contributed by atoms with Crippen LogP contribution in [0.5, 0.6) is 0 Å². The van der Waals surface area contributed by atoms with Crippen molar-refractivity contribution in [2.75, 3.05) is 0 Å². The third kappa shape index (κ3) is 2.53. The van der Waals surface area contributed by atoms with Crippen LogP contribution in [0.1, 0.15) is 24.1 Å². The molecule has 1 aliphatic carbocycles. The number of benzene rings is 1. The smallest absolute Gasteiger partial charge is 0.275 e. The molecule has 1 aromatic carbocycles. The number of rotatable bonds is 3. The highest BCUT2D eigenvalue weighted by molar-refractivity contribution is 5.91. The van der Waals surface area contributed by atoms with Crippen LogP contribution in [-0.2, 0) is 19.9 Å². The van der Waals surface area contributed by atoms with Gasteiger partial charge >= 0.3 is 6.55 Å². The van der Waals surface area contributed by atoms with Crippen LogP contribution in [0, 0.1) is 0 Å². The minimum absolute atomic E-state index is 0.320. The summed E-state index contributed by atoms with van der Waals surface area (Å²) in [6, 6.07) is 9.74. The Morgan fingerprint density at radius 1 is 1.11 bits per heavy atom. The second kappa shape index (κ2) is 5.97. The average Bonchev–Trinajstić information content (AvgIpc) is 3.38. The van der Waals surface area contributed by atoms with Crippen molar-refractivity contribution in [2.24, 2.45) is 7.05 Å². The van der Waals surface area contributed by atoms with E-state index in [2.05, 4.69) is 22.3 Å². The first-order valence-corrected chi connectivity index (χ1v) is 8.89. The van der Waals surface area contributed by atoms with Crippen molar-refractivity contribution < 1.29 is 8.78 Å². The molecular formula is C20H17F2N5. The number of aryl methyl sites for hydroxylation is 2. The number of alkyl halides is 2. The van der Waals surface area contributed by atoms with Gasteiger partial charge in [0, 0.05) is 24.4 Å². The Balaban J connectivity index is 1.75. The Morgan fingerprint density at radius 2 is 2.00 bits per heavy atom. The van der Waals surface area contributed by atoms with Crippen molar-refractivity contribution in [1.29, 1.82) is 0 Å². The molecule has 4 aromatic rings. The van der Waals surface area contributed by atoms with Gasteiger partial charge in [-0.25, -0.2) is 9.67 Å². The minimum Gasteiger partial charge on any atom is -0.275 e. The van der Waals surface area contributed by atoms with Crippen molar-refractivity contribution in [3.05, 3.63) is 53.9 Å². The van der Waals surface area contributed by atoms with Crippen LogP contribution in [0.15, 0.2) is 42.7 Å². The first-order valence-electron chi connectivity index (χ1n) is 8.89. The molecule has 5 nitrogen and oxygen atoms in total. The van der Waals surface area contributed by atoms with Crippen molar-refractivity contribution in [2.45, 2.75) is 25.8 Å². The number of aromatic nitrogens is 5. The molecular weight excluding hydrogens is 348 g/mol. The summed E-state index contributed by atoms with van der Waals surface area (Å²) in [5.74, 6) is 0. The molecule has 27 heavy (non-hydrogen) atoms. The normalized spacial score (nSPS) is 13.6. The lowest BCUT2D eigenvalue weighted by atomic mass is 10.00. The molecule has 0 bridgehead atoms. The van der Waals surface area contributed by atoms with E-state index in [-0.39, 0.29) is 0 Å². The van der Waals surface area contributed by atoms with Gasteiger partial charge in [0.05, 0.1) is 17.4 Å². The second-order valence-electron chi connectivity index (χ2n) is 6.83. The van der Waals surface area contributed by atoms with Crippen molar-refractivity contribution in [3.63, 3.8) is 0 Å². The van der Waals surface area contributed by atoms with Crippen LogP contribution in [0.2, 0.25) is 0 Å². The molecule has 0 spiro atoms. The third-order valence-electron chi connectivity index (χ3n) is 5.14. The van der Waals surface area contributed by atoms with Gasteiger partial charge in [-0.3, -0.25) is 4.68 Å². The highest BCUT2D eigenvalue weighted by atomic mass is 19.3. The molecule has 7 heteroatoms. The number of pyridine rings is 1. The van der Waals surface area contributed by atoms with Crippen molar-refractivity contribution in [3.8, 4) is 22.5 Å². The highest BCUT2D eigenvalue weighted by Gasteiger charge is 2.22. The SMILES string of the molecule is Cn1cc(-c2nn(C(F)F)c3ccc(-c4cccc5c4CCC5)nc23)cn1. The summed E-state index contributed by atoms with van der Waals surface area (Å²) >= 11 is 0. The van der Waals surface area contributed by atoms with E-state index >= 15 is 0 Å². The predicted octanol–water partition coefficient (Wildman–Crippen LogP) is 4.38. The van der Waals surface area contributed by atoms with Crippen LogP contribution in [0.3, 0.4) is 0 Å². The Kier molecular flexibility index (Phi) is 3.56. The maximum Gasteiger partial charge on any atom is 0.333 e. The van der Waals surface area contributed by atoms with Gasteiger partial charge in [0.2, 0.25) is 0 Å². The number of nitrogens with zero attached hydrogens (tertiary/aromatic N) is 5. The molecule has 136 valence electrons.